The minimum Gasteiger partial charge on any atom is -0.473 e. The molecule has 3 N–H and O–H groups in total. The second-order valence-electron chi connectivity index (χ2n) is 7.65. The third-order valence-electron chi connectivity index (χ3n) is 5.01. The Morgan fingerprint density at radius 3 is 2.48 bits per heavy atom. The van der Waals surface area contributed by atoms with Gasteiger partial charge in [-0.05, 0) is 51.0 Å². The molecule has 4 rings (SSSR count). The van der Waals surface area contributed by atoms with E-state index in [1.165, 1.54) is 12.8 Å². The fourth-order valence-electron chi connectivity index (χ4n) is 3.60. The molecule has 1 aromatic carbocycles. The Balaban J connectivity index is 1.60. The molecule has 0 radical (unpaired) electrons. The van der Waals surface area contributed by atoms with Gasteiger partial charge in [0.15, 0.2) is 5.52 Å². The van der Waals surface area contributed by atoms with Crippen LogP contribution in [-0.2, 0) is 0 Å². The van der Waals surface area contributed by atoms with Crippen molar-refractivity contribution in [1.29, 1.82) is 0 Å². The number of pyridine rings is 1. The number of fused-ring (bicyclic) bond motifs is 1. The van der Waals surface area contributed by atoms with E-state index in [4.69, 9.17) is 15.5 Å². The van der Waals surface area contributed by atoms with Gasteiger partial charge in [0.25, 0.3) is 5.91 Å². The predicted molar refractivity (Wildman–Crippen MR) is 113 cm³/mol. The molecule has 1 aliphatic carbocycles. The maximum absolute atomic E-state index is 12.4. The van der Waals surface area contributed by atoms with E-state index < -0.39 is 0 Å². The highest BCUT2D eigenvalue weighted by molar-refractivity contribution is 5.95. The molecule has 29 heavy (non-hydrogen) atoms. The van der Waals surface area contributed by atoms with Crippen molar-refractivity contribution >= 4 is 22.9 Å². The lowest BCUT2D eigenvalue weighted by molar-refractivity contribution is 0.0938. The number of nitrogens with two attached hydrogens (primary N) is 1. The van der Waals surface area contributed by atoms with Crippen molar-refractivity contribution < 1.29 is 9.53 Å². The highest BCUT2D eigenvalue weighted by atomic mass is 16.5. The van der Waals surface area contributed by atoms with Gasteiger partial charge < -0.3 is 15.8 Å². The van der Waals surface area contributed by atoms with Gasteiger partial charge in [-0.2, -0.15) is 4.98 Å². The number of hydrogen-bond donors (Lipinski definition) is 2. The van der Waals surface area contributed by atoms with Gasteiger partial charge in [0.05, 0.1) is 17.3 Å². The molecule has 0 spiro atoms. The molecule has 150 valence electrons. The van der Waals surface area contributed by atoms with Gasteiger partial charge >= 0.3 is 0 Å². The van der Waals surface area contributed by atoms with Gasteiger partial charge in [-0.25, -0.2) is 9.97 Å². The van der Waals surface area contributed by atoms with E-state index >= 15 is 0 Å². The first-order valence-corrected chi connectivity index (χ1v) is 10.0. The van der Waals surface area contributed by atoms with Crippen molar-refractivity contribution in [3.63, 3.8) is 0 Å². The molecule has 7 heteroatoms. The second kappa shape index (κ2) is 8.03. The fourth-order valence-corrected chi connectivity index (χ4v) is 3.60. The molecule has 0 bridgehead atoms. The van der Waals surface area contributed by atoms with Gasteiger partial charge in [0.1, 0.15) is 0 Å². The normalized spacial score (nSPS) is 14.4. The summed E-state index contributed by atoms with van der Waals surface area (Å²) in [5.41, 5.74) is 9.28. The SMILES string of the molecule is CC(C)Oc1nc(N)nc2ccc(-c3ccc(C(=O)NC4CCCC4)cc3)nc12. The van der Waals surface area contributed by atoms with E-state index in [1.54, 1.807) is 0 Å². The zero-order valence-electron chi connectivity index (χ0n) is 16.7. The summed E-state index contributed by atoms with van der Waals surface area (Å²) >= 11 is 0. The Labute approximate surface area is 169 Å². The summed E-state index contributed by atoms with van der Waals surface area (Å²) in [6, 6.07) is 11.5. The zero-order valence-corrected chi connectivity index (χ0v) is 16.7. The largest absolute Gasteiger partial charge is 0.473 e. The predicted octanol–water partition coefficient (Wildman–Crippen LogP) is 3.73. The van der Waals surface area contributed by atoms with Crippen LogP contribution in [0.2, 0.25) is 0 Å². The molecule has 1 fully saturated rings. The summed E-state index contributed by atoms with van der Waals surface area (Å²) < 4.78 is 5.77. The lowest BCUT2D eigenvalue weighted by Crippen LogP contribution is -2.32. The summed E-state index contributed by atoms with van der Waals surface area (Å²) in [4.78, 5) is 25.5. The van der Waals surface area contributed by atoms with E-state index in [0.717, 1.165) is 24.1 Å². The fraction of sp³-hybridized carbons (Fsp3) is 0.364. The molecule has 0 saturated heterocycles. The van der Waals surface area contributed by atoms with Crippen LogP contribution in [0.3, 0.4) is 0 Å². The van der Waals surface area contributed by atoms with E-state index in [9.17, 15) is 4.79 Å². The number of benzene rings is 1. The van der Waals surface area contributed by atoms with E-state index in [2.05, 4.69) is 15.3 Å². The van der Waals surface area contributed by atoms with Gasteiger partial charge in [-0.15, -0.1) is 0 Å². The molecule has 2 heterocycles. The number of nitrogens with one attached hydrogen (secondary N) is 1. The van der Waals surface area contributed by atoms with Gasteiger partial charge in [0, 0.05) is 17.2 Å². The Morgan fingerprint density at radius 2 is 1.79 bits per heavy atom. The van der Waals surface area contributed by atoms with Gasteiger partial charge in [-0.1, -0.05) is 25.0 Å². The number of amides is 1. The standard InChI is InChI=1S/C22H25N5O2/c1-13(2)29-21-19-18(26-22(23)27-21)12-11-17(25-19)14-7-9-15(10-8-14)20(28)24-16-5-3-4-6-16/h7-13,16H,3-6H2,1-2H3,(H,24,28)(H2,23,26,27). The van der Waals surface area contributed by atoms with Crippen LogP contribution in [0.5, 0.6) is 5.88 Å². The van der Waals surface area contributed by atoms with Crippen molar-refractivity contribution in [3.8, 4) is 17.1 Å². The van der Waals surface area contributed by atoms with Crippen LogP contribution in [0.1, 0.15) is 49.9 Å². The summed E-state index contributed by atoms with van der Waals surface area (Å²) in [7, 11) is 0. The lowest BCUT2D eigenvalue weighted by Gasteiger charge is -2.13. The number of carbonyl (C=O) groups is 1. The molecule has 3 aromatic rings. The third-order valence-corrected chi connectivity index (χ3v) is 5.01. The Morgan fingerprint density at radius 1 is 1.07 bits per heavy atom. The first-order chi connectivity index (χ1) is 14.0. The topological polar surface area (TPSA) is 103 Å². The number of aromatic nitrogens is 3. The molecule has 1 amide bonds. The number of ether oxygens (including phenoxy) is 1. The lowest BCUT2D eigenvalue weighted by atomic mass is 10.1. The quantitative estimate of drug-likeness (QED) is 0.687. The smallest absolute Gasteiger partial charge is 0.251 e. The summed E-state index contributed by atoms with van der Waals surface area (Å²) in [6.07, 6.45) is 4.46. The highest BCUT2D eigenvalue weighted by Crippen LogP contribution is 2.27. The van der Waals surface area contributed by atoms with Crippen molar-refractivity contribution in [3.05, 3.63) is 42.0 Å². The van der Waals surface area contributed by atoms with Crippen LogP contribution in [-0.4, -0.2) is 33.0 Å². The summed E-state index contributed by atoms with van der Waals surface area (Å²) in [5, 5.41) is 3.11. The number of nitrogen functional groups attached to an aromatic ring is 1. The van der Waals surface area contributed by atoms with Gasteiger partial charge in [-0.3, -0.25) is 4.79 Å². The van der Waals surface area contributed by atoms with Crippen LogP contribution in [0.25, 0.3) is 22.3 Å². The number of carbonyl (C=O) groups excluding carboxylic acids is 1. The first kappa shape index (κ1) is 19.1. The molecular formula is C22H25N5O2. The molecule has 0 aliphatic heterocycles. The van der Waals surface area contributed by atoms with Gasteiger partial charge in [0.2, 0.25) is 11.8 Å². The number of nitrogens with zero attached hydrogens (tertiary/aromatic N) is 3. The van der Waals surface area contributed by atoms with Crippen LogP contribution in [0.4, 0.5) is 5.95 Å². The Bertz CT molecular complexity index is 1030. The average Bonchev–Trinajstić information content (AvgIpc) is 3.20. The average molecular weight is 391 g/mol. The molecule has 1 aliphatic rings. The molecule has 0 unspecified atom stereocenters. The number of anilines is 1. The molecule has 7 nitrogen and oxygen atoms in total. The van der Waals surface area contributed by atoms with E-state index in [-0.39, 0.29) is 18.0 Å². The summed E-state index contributed by atoms with van der Waals surface area (Å²) in [5.74, 6) is 0.503. The van der Waals surface area contributed by atoms with Crippen molar-refractivity contribution in [2.24, 2.45) is 0 Å². The van der Waals surface area contributed by atoms with Crippen LogP contribution < -0.4 is 15.8 Å². The highest BCUT2D eigenvalue weighted by Gasteiger charge is 2.18. The molecule has 2 aromatic heterocycles. The van der Waals surface area contributed by atoms with Crippen LogP contribution in [0, 0.1) is 0 Å². The van der Waals surface area contributed by atoms with Crippen LogP contribution in [0.15, 0.2) is 36.4 Å². The van der Waals surface area contributed by atoms with Crippen molar-refractivity contribution in [2.75, 3.05) is 5.73 Å². The Hall–Kier alpha value is -3.22. The molecule has 0 atom stereocenters. The maximum Gasteiger partial charge on any atom is 0.251 e. The maximum atomic E-state index is 12.4. The third kappa shape index (κ3) is 4.29. The monoisotopic (exact) mass is 391 g/mol. The van der Waals surface area contributed by atoms with E-state index in [1.807, 2.05) is 50.2 Å². The summed E-state index contributed by atoms with van der Waals surface area (Å²) in [6.45, 7) is 3.84. The van der Waals surface area contributed by atoms with Crippen LogP contribution >= 0.6 is 0 Å². The zero-order chi connectivity index (χ0) is 20.4. The minimum atomic E-state index is -0.0596. The van der Waals surface area contributed by atoms with E-state index in [0.29, 0.717) is 28.5 Å². The first-order valence-electron chi connectivity index (χ1n) is 10.0. The minimum absolute atomic E-state index is 0.0218. The molecular weight excluding hydrogens is 366 g/mol. The molecule has 1 saturated carbocycles. The number of rotatable bonds is 5. The number of hydrogen-bond acceptors (Lipinski definition) is 6. The van der Waals surface area contributed by atoms with Crippen molar-refractivity contribution in [2.45, 2.75) is 51.7 Å². The second-order valence-corrected chi connectivity index (χ2v) is 7.65. The Kier molecular flexibility index (Phi) is 5.29. The van der Waals surface area contributed by atoms with Crippen molar-refractivity contribution in [1.82, 2.24) is 20.3 Å².